The maximum absolute atomic E-state index is 4.55. The summed E-state index contributed by atoms with van der Waals surface area (Å²) in [7, 11) is 0. The van der Waals surface area contributed by atoms with Crippen LogP contribution in [0.1, 0.15) is 37.5 Å². The Labute approximate surface area is 121 Å². The molecular formula is C19H19N. The Morgan fingerprint density at radius 3 is 2.20 bits per heavy atom. The molecule has 100 valence electrons. The molecular weight excluding hydrogens is 242 g/mol. The fourth-order valence-electron chi connectivity index (χ4n) is 1.65. The van der Waals surface area contributed by atoms with Gasteiger partial charge in [0.05, 0.1) is 5.54 Å². The van der Waals surface area contributed by atoms with E-state index in [4.69, 9.17) is 0 Å². The molecule has 2 aromatic carbocycles. The summed E-state index contributed by atoms with van der Waals surface area (Å²) in [5.41, 5.74) is 3.02. The third-order valence-electron chi connectivity index (χ3n) is 2.67. The van der Waals surface area contributed by atoms with Crippen molar-refractivity contribution in [1.29, 1.82) is 0 Å². The highest BCUT2D eigenvalue weighted by Crippen LogP contribution is 2.10. The molecule has 0 atom stereocenters. The van der Waals surface area contributed by atoms with Gasteiger partial charge in [0.2, 0.25) is 0 Å². The van der Waals surface area contributed by atoms with Crippen LogP contribution in [0, 0.1) is 11.8 Å². The Balaban J connectivity index is 2.30. The summed E-state index contributed by atoms with van der Waals surface area (Å²) in [6.07, 6.45) is 1.91. The van der Waals surface area contributed by atoms with E-state index >= 15 is 0 Å². The van der Waals surface area contributed by atoms with Gasteiger partial charge in [0.1, 0.15) is 0 Å². The first-order valence-electron chi connectivity index (χ1n) is 6.76. The Kier molecular flexibility index (Phi) is 4.38. The average Bonchev–Trinajstić information content (AvgIpc) is 2.44. The summed E-state index contributed by atoms with van der Waals surface area (Å²) in [6, 6.07) is 18.1. The monoisotopic (exact) mass is 261 g/mol. The Morgan fingerprint density at radius 2 is 1.50 bits per heavy atom. The minimum atomic E-state index is -0.0695. The highest BCUT2D eigenvalue weighted by atomic mass is 14.8. The summed E-state index contributed by atoms with van der Waals surface area (Å²) in [5, 5.41) is 0. The first-order valence-corrected chi connectivity index (χ1v) is 6.76. The van der Waals surface area contributed by atoms with Crippen LogP contribution in [0.25, 0.3) is 0 Å². The molecule has 0 saturated carbocycles. The molecule has 0 aliphatic rings. The zero-order chi connectivity index (χ0) is 14.4. The standard InChI is InChI=1S/C19H19N/c1-19(2,3)20-15-18-12-8-7-11-17(18)14-13-16-9-5-4-6-10-16/h4-12,15H,1-3H3/b20-15-. The van der Waals surface area contributed by atoms with Crippen LogP contribution in [-0.2, 0) is 0 Å². The topological polar surface area (TPSA) is 12.4 Å². The molecule has 0 radical (unpaired) electrons. The van der Waals surface area contributed by atoms with Gasteiger partial charge in [-0.05, 0) is 39.0 Å². The van der Waals surface area contributed by atoms with E-state index in [1.165, 1.54) is 0 Å². The van der Waals surface area contributed by atoms with Gasteiger partial charge in [0.25, 0.3) is 0 Å². The molecule has 0 saturated heterocycles. The van der Waals surface area contributed by atoms with Crippen molar-refractivity contribution in [2.75, 3.05) is 0 Å². The van der Waals surface area contributed by atoms with Crippen LogP contribution in [0.3, 0.4) is 0 Å². The Morgan fingerprint density at radius 1 is 0.850 bits per heavy atom. The van der Waals surface area contributed by atoms with Gasteiger partial charge < -0.3 is 0 Å². The molecule has 0 aromatic heterocycles. The molecule has 0 amide bonds. The largest absolute Gasteiger partial charge is 0.287 e. The molecule has 20 heavy (non-hydrogen) atoms. The van der Waals surface area contributed by atoms with E-state index in [1.54, 1.807) is 0 Å². The van der Waals surface area contributed by atoms with Gasteiger partial charge in [-0.3, -0.25) is 4.99 Å². The zero-order valence-corrected chi connectivity index (χ0v) is 12.2. The van der Waals surface area contributed by atoms with Crippen molar-refractivity contribution >= 4 is 6.21 Å². The first-order chi connectivity index (χ1) is 9.54. The van der Waals surface area contributed by atoms with E-state index in [0.29, 0.717) is 0 Å². The van der Waals surface area contributed by atoms with Crippen LogP contribution in [0.2, 0.25) is 0 Å². The highest BCUT2D eigenvalue weighted by molar-refractivity contribution is 5.83. The molecule has 1 heteroatoms. The molecule has 0 heterocycles. The van der Waals surface area contributed by atoms with Crippen LogP contribution in [0.4, 0.5) is 0 Å². The minimum absolute atomic E-state index is 0.0695. The van der Waals surface area contributed by atoms with E-state index in [1.807, 2.05) is 60.8 Å². The van der Waals surface area contributed by atoms with E-state index in [9.17, 15) is 0 Å². The van der Waals surface area contributed by atoms with Gasteiger partial charge in [-0.15, -0.1) is 0 Å². The van der Waals surface area contributed by atoms with Crippen molar-refractivity contribution in [3.05, 3.63) is 71.3 Å². The summed E-state index contributed by atoms with van der Waals surface area (Å²) >= 11 is 0. The fourth-order valence-corrected chi connectivity index (χ4v) is 1.65. The number of benzene rings is 2. The van der Waals surface area contributed by atoms with Crippen molar-refractivity contribution in [1.82, 2.24) is 0 Å². The Hall–Kier alpha value is -2.33. The van der Waals surface area contributed by atoms with Crippen molar-refractivity contribution in [2.24, 2.45) is 4.99 Å². The number of hydrogen-bond donors (Lipinski definition) is 0. The van der Waals surface area contributed by atoms with Gasteiger partial charge >= 0.3 is 0 Å². The second-order valence-corrected chi connectivity index (χ2v) is 5.63. The smallest absolute Gasteiger partial charge is 0.0524 e. The van der Waals surface area contributed by atoms with E-state index < -0.39 is 0 Å². The summed E-state index contributed by atoms with van der Waals surface area (Å²) in [5.74, 6) is 6.41. The Bertz CT molecular complexity index is 649. The molecule has 1 nitrogen and oxygen atoms in total. The third kappa shape index (κ3) is 4.40. The van der Waals surface area contributed by atoms with Crippen LogP contribution in [0.5, 0.6) is 0 Å². The minimum Gasteiger partial charge on any atom is -0.287 e. The maximum atomic E-state index is 4.55. The van der Waals surface area contributed by atoms with Gasteiger partial charge in [0.15, 0.2) is 0 Å². The molecule has 2 rings (SSSR count). The van der Waals surface area contributed by atoms with Crippen LogP contribution in [-0.4, -0.2) is 11.8 Å². The van der Waals surface area contributed by atoms with Crippen LogP contribution in [0.15, 0.2) is 59.6 Å². The zero-order valence-electron chi connectivity index (χ0n) is 12.2. The lowest BCUT2D eigenvalue weighted by Crippen LogP contribution is -2.09. The van der Waals surface area contributed by atoms with E-state index in [-0.39, 0.29) is 5.54 Å². The molecule has 0 aliphatic carbocycles. The van der Waals surface area contributed by atoms with Gasteiger partial charge in [-0.25, -0.2) is 0 Å². The molecule has 0 fully saturated rings. The van der Waals surface area contributed by atoms with Crippen molar-refractivity contribution in [2.45, 2.75) is 26.3 Å². The van der Waals surface area contributed by atoms with Crippen LogP contribution >= 0.6 is 0 Å². The number of hydrogen-bond acceptors (Lipinski definition) is 1. The maximum Gasteiger partial charge on any atom is 0.0524 e. The lowest BCUT2D eigenvalue weighted by atomic mass is 10.1. The molecule has 0 N–H and O–H groups in total. The second kappa shape index (κ2) is 6.21. The number of rotatable bonds is 1. The van der Waals surface area contributed by atoms with Gasteiger partial charge in [-0.2, -0.15) is 0 Å². The number of aliphatic imine (C=N–C) groups is 1. The molecule has 0 unspecified atom stereocenters. The second-order valence-electron chi connectivity index (χ2n) is 5.63. The molecule has 0 bridgehead atoms. The highest BCUT2D eigenvalue weighted by Gasteiger charge is 2.05. The van der Waals surface area contributed by atoms with Gasteiger partial charge in [0, 0.05) is 22.9 Å². The quantitative estimate of drug-likeness (QED) is 0.536. The lowest BCUT2D eigenvalue weighted by molar-refractivity contribution is 0.586. The SMILES string of the molecule is CC(C)(C)/N=C\c1ccccc1C#Cc1ccccc1. The summed E-state index contributed by atoms with van der Waals surface area (Å²) < 4.78 is 0. The third-order valence-corrected chi connectivity index (χ3v) is 2.67. The summed E-state index contributed by atoms with van der Waals surface area (Å²) in [4.78, 5) is 4.55. The number of nitrogens with zero attached hydrogens (tertiary/aromatic N) is 1. The summed E-state index contributed by atoms with van der Waals surface area (Å²) in [6.45, 7) is 6.26. The lowest BCUT2D eigenvalue weighted by Gasteiger charge is -2.11. The molecule has 0 spiro atoms. The van der Waals surface area contributed by atoms with E-state index in [2.05, 4.69) is 37.6 Å². The van der Waals surface area contributed by atoms with Crippen molar-refractivity contribution < 1.29 is 0 Å². The predicted octanol–water partition coefficient (Wildman–Crippen LogP) is 4.30. The fraction of sp³-hybridized carbons (Fsp3) is 0.211. The van der Waals surface area contributed by atoms with Crippen molar-refractivity contribution in [3.63, 3.8) is 0 Å². The average molecular weight is 261 g/mol. The van der Waals surface area contributed by atoms with E-state index in [0.717, 1.165) is 16.7 Å². The first kappa shape index (κ1) is 14.1. The van der Waals surface area contributed by atoms with Crippen molar-refractivity contribution in [3.8, 4) is 11.8 Å². The molecule has 2 aromatic rings. The normalized spacial score (nSPS) is 11.2. The molecule has 0 aliphatic heterocycles. The van der Waals surface area contributed by atoms with Gasteiger partial charge in [-0.1, -0.05) is 48.2 Å². The predicted molar refractivity (Wildman–Crippen MR) is 86.2 cm³/mol. The van der Waals surface area contributed by atoms with Crippen LogP contribution < -0.4 is 0 Å².